The van der Waals surface area contributed by atoms with Gasteiger partial charge in [0.1, 0.15) is 0 Å². The van der Waals surface area contributed by atoms with E-state index in [0.717, 1.165) is 6.42 Å². The van der Waals surface area contributed by atoms with Crippen molar-refractivity contribution in [3.63, 3.8) is 0 Å². The van der Waals surface area contributed by atoms with E-state index in [0.29, 0.717) is 0 Å². The molecule has 0 saturated heterocycles. The molecule has 0 aromatic carbocycles. The second-order valence-electron chi connectivity index (χ2n) is 4.23. The Labute approximate surface area is 89.1 Å². The van der Waals surface area contributed by atoms with Crippen molar-refractivity contribution in [3.05, 3.63) is 12.2 Å². The molecule has 0 aromatic rings. The fraction of sp³-hybridized carbons (Fsp3) is 0.636. The number of rotatable bonds is 2. The fourth-order valence-electron chi connectivity index (χ4n) is 2.87. The molecule has 1 fully saturated rings. The van der Waals surface area contributed by atoms with Crippen molar-refractivity contribution in [2.75, 3.05) is 14.1 Å². The maximum absolute atomic E-state index is 11.7. The van der Waals surface area contributed by atoms with Gasteiger partial charge in [-0.2, -0.15) is 0 Å². The second kappa shape index (κ2) is 3.68. The number of carbonyl (C=O) groups is 2. The van der Waals surface area contributed by atoms with Crippen LogP contribution in [0.25, 0.3) is 0 Å². The molecule has 0 heterocycles. The van der Waals surface area contributed by atoms with Crippen molar-refractivity contribution in [1.29, 1.82) is 0 Å². The van der Waals surface area contributed by atoms with Crippen molar-refractivity contribution in [2.24, 2.45) is 23.7 Å². The molecular weight excluding hydrogens is 192 g/mol. The second-order valence-corrected chi connectivity index (χ2v) is 4.23. The van der Waals surface area contributed by atoms with Crippen LogP contribution in [0.5, 0.6) is 0 Å². The Balaban J connectivity index is 2.24. The normalized spacial score (nSPS) is 36.7. The van der Waals surface area contributed by atoms with Crippen LogP contribution in [-0.4, -0.2) is 25.9 Å². The van der Waals surface area contributed by atoms with Crippen molar-refractivity contribution < 1.29 is 9.59 Å². The maximum Gasteiger partial charge on any atom is 0.224 e. The highest BCUT2D eigenvalue weighted by Crippen LogP contribution is 2.48. The molecule has 4 unspecified atom stereocenters. The third kappa shape index (κ3) is 1.44. The van der Waals surface area contributed by atoms with Gasteiger partial charge in [-0.25, -0.2) is 0 Å². The first kappa shape index (κ1) is 10.2. The summed E-state index contributed by atoms with van der Waals surface area (Å²) in [5, 5.41) is 5.30. The molecule has 0 spiro atoms. The highest BCUT2D eigenvalue weighted by Gasteiger charge is 2.50. The van der Waals surface area contributed by atoms with Gasteiger partial charge >= 0.3 is 0 Å². The molecule has 4 nitrogen and oxygen atoms in total. The Bertz CT molecular complexity index is 295. The summed E-state index contributed by atoms with van der Waals surface area (Å²) >= 11 is 0. The predicted molar refractivity (Wildman–Crippen MR) is 55.9 cm³/mol. The molecule has 15 heavy (non-hydrogen) atoms. The van der Waals surface area contributed by atoms with Crippen molar-refractivity contribution in [3.8, 4) is 0 Å². The minimum atomic E-state index is -0.176. The van der Waals surface area contributed by atoms with Crippen LogP contribution in [0, 0.1) is 23.7 Å². The molecule has 0 aliphatic heterocycles. The van der Waals surface area contributed by atoms with Crippen LogP contribution in [0.1, 0.15) is 6.42 Å². The molecule has 82 valence electrons. The topological polar surface area (TPSA) is 58.2 Å². The van der Waals surface area contributed by atoms with E-state index in [1.807, 2.05) is 0 Å². The van der Waals surface area contributed by atoms with E-state index in [-0.39, 0.29) is 35.5 Å². The summed E-state index contributed by atoms with van der Waals surface area (Å²) in [6, 6.07) is 0. The number of carbonyl (C=O) groups excluding carboxylic acids is 2. The Hall–Kier alpha value is -1.32. The van der Waals surface area contributed by atoms with E-state index in [4.69, 9.17) is 0 Å². The van der Waals surface area contributed by atoms with Gasteiger partial charge in [0.2, 0.25) is 11.8 Å². The smallest absolute Gasteiger partial charge is 0.224 e. The average Bonchev–Trinajstić information content (AvgIpc) is 2.86. The summed E-state index contributed by atoms with van der Waals surface area (Å²) in [7, 11) is 3.25. The van der Waals surface area contributed by atoms with Crippen LogP contribution in [-0.2, 0) is 9.59 Å². The number of hydrogen-bond donors (Lipinski definition) is 2. The van der Waals surface area contributed by atoms with Crippen LogP contribution < -0.4 is 10.6 Å². The molecule has 0 radical (unpaired) electrons. The van der Waals surface area contributed by atoms with E-state index in [2.05, 4.69) is 22.8 Å². The Morgan fingerprint density at radius 2 is 1.40 bits per heavy atom. The van der Waals surface area contributed by atoms with Crippen LogP contribution in [0.3, 0.4) is 0 Å². The van der Waals surface area contributed by atoms with Gasteiger partial charge in [0, 0.05) is 14.1 Å². The average molecular weight is 208 g/mol. The Kier molecular flexibility index (Phi) is 2.50. The summed E-state index contributed by atoms with van der Waals surface area (Å²) in [6.45, 7) is 0. The summed E-state index contributed by atoms with van der Waals surface area (Å²) in [5.74, 6) is 0.116. The quantitative estimate of drug-likeness (QED) is 0.623. The van der Waals surface area contributed by atoms with Gasteiger partial charge in [-0.1, -0.05) is 12.2 Å². The van der Waals surface area contributed by atoms with Crippen molar-refractivity contribution in [1.82, 2.24) is 10.6 Å². The zero-order valence-electron chi connectivity index (χ0n) is 8.99. The predicted octanol–water partition coefficient (Wildman–Crippen LogP) is -0.0833. The summed E-state index contributed by atoms with van der Waals surface area (Å²) < 4.78 is 0. The molecule has 1 saturated carbocycles. The summed E-state index contributed by atoms with van der Waals surface area (Å²) in [5.41, 5.74) is 0. The van der Waals surface area contributed by atoms with Gasteiger partial charge in [-0.3, -0.25) is 9.59 Å². The first-order chi connectivity index (χ1) is 7.19. The van der Waals surface area contributed by atoms with Crippen LogP contribution in [0.4, 0.5) is 0 Å². The maximum atomic E-state index is 11.7. The standard InChI is InChI=1S/C11H16N2O2/c1-12-10(14)8-6-3-4-7(5-6)9(8)11(15)13-2/h3-4,6-9H,5H2,1-2H3,(H,12,14)(H,13,15). The molecule has 2 bridgehead atoms. The Morgan fingerprint density at radius 1 is 1.00 bits per heavy atom. The van der Waals surface area contributed by atoms with Crippen LogP contribution in [0.2, 0.25) is 0 Å². The number of allylic oxidation sites excluding steroid dienone is 2. The largest absolute Gasteiger partial charge is 0.359 e. The third-order valence-corrected chi connectivity index (χ3v) is 3.56. The number of nitrogens with one attached hydrogen (secondary N) is 2. The molecule has 2 aliphatic rings. The first-order valence-corrected chi connectivity index (χ1v) is 5.30. The van der Waals surface area contributed by atoms with Crippen LogP contribution >= 0.6 is 0 Å². The monoisotopic (exact) mass is 208 g/mol. The van der Waals surface area contributed by atoms with Crippen molar-refractivity contribution >= 4 is 11.8 Å². The number of amides is 2. The molecule has 2 rings (SSSR count). The minimum absolute atomic E-state index is 0.0135. The third-order valence-electron chi connectivity index (χ3n) is 3.56. The lowest BCUT2D eigenvalue weighted by Crippen LogP contribution is -2.42. The van der Waals surface area contributed by atoms with Gasteiger partial charge in [0.05, 0.1) is 11.8 Å². The van der Waals surface area contributed by atoms with E-state index < -0.39 is 0 Å². The van der Waals surface area contributed by atoms with Gasteiger partial charge in [-0.15, -0.1) is 0 Å². The lowest BCUT2D eigenvalue weighted by molar-refractivity contribution is -0.134. The Morgan fingerprint density at radius 3 is 1.73 bits per heavy atom. The molecule has 0 aromatic heterocycles. The zero-order chi connectivity index (χ0) is 11.0. The minimum Gasteiger partial charge on any atom is -0.359 e. The van der Waals surface area contributed by atoms with E-state index >= 15 is 0 Å². The first-order valence-electron chi connectivity index (χ1n) is 5.30. The molecule has 2 amide bonds. The number of fused-ring (bicyclic) bond motifs is 2. The lowest BCUT2D eigenvalue weighted by atomic mass is 9.82. The summed E-state index contributed by atoms with van der Waals surface area (Å²) in [4.78, 5) is 23.4. The SMILES string of the molecule is CNC(=O)C1C2C=CC(C2)C1C(=O)NC. The zero-order valence-corrected chi connectivity index (χ0v) is 8.99. The van der Waals surface area contributed by atoms with Crippen LogP contribution in [0.15, 0.2) is 12.2 Å². The molecule has 2 aliphatic carbocycles. The molecule has 4 heteroatoms. The molecule has 2 N–H and O–H groups in total. The van der Waals surface area contributed by atoms with Crippen molar-refractivity contribution in [2.45, 2.75) is 6.42 Å². The highest BCUT2D eigenvalue weighted by molar-refractivity contribution is 5.89. The number of hydrogen-bond acceptors (Lipinski definition) is 2. The van der Waals surface area contributed by atoms with Gasteiger partial charge < -0.3 is 10.6 Å². The van der Waals surface area contributed by atoms with Gasteiger partial charge in [-0.05, 0) is 18.3 Å². The van der Waals surface area contributed by atoms with E-state index in [1.165, 1.54) is 0 Å². The van der Waals surface area contributed by atoms with Gasteiger partial charge in [0.15, 0.2) is 0 Å². The van der Waals surface area contributed by atoms with E-state index in [9.17, 15) is 9.59 Å². The molecule has 4 atom stereocenters. The summed E-state index contributed by atoms with van der Waals surface area (Å²) in [6.07, 6.45) is 5.09. The highest BCUT2D eigenvalue weighted by atomic mass is 16.2. The van der Waals surface area contributed by atoms with E-state index in [1.54, 1.807) is 14.1 Å². The fourth-order valence-corrected chi connectivity index (χ4v) is 2.87. The molecular formula is C11H16N2O2. The van der Waals surface area contributed by atoms with Gasteiger partial charge in [0.25, 0.3) is 0 Å². The lowest BCUT2D eigenvalue weighted by Gasteiger charge is -2.24.